The van der Waals surface area contributed by atoms with Crippen molar-refractivity contribution in [1.29, 1.82) is 0 Å². The van der Waals surface area contributed by atoms with E-state index in [0.29, 0.717) is 29.2 Å². The van der Waals surface area contributed by atoms with Crippen LogP contribution in [0.1, 0.15) is 27.3 Å². The lowest BCUT2D eigenvalue weighted by Gasteiger charge is -2.20. The summed E-state index contributed by atoms with van der Waals surface area (Å²) in [5, 5.41) is 5.73. The van der Waals surface area contributed by atoms with E-state index >= 15 is 0 Å². The van der Waals surface area contributed by atoms with E-state index in [9.17, 15) is 14.4 Å². The molecular formula is C24H19N5O5. The van der Waals surface area contributed by atoms with Gasteiger partial charge in [-0.3, -0.25) is 19.4 Å². The Labute approximate surface area is 193 Å². The third-order valence-electron chi connectivity index (χ3n) is 6.21. The van der Waals surface area contributed by atoms with Crippen molar-refractivity contribution in [2.24, 2.45) is 0 Å². The van der Waals surface area contributed by atoms with Crippen molar-refractivity contribution in [2.45, 2.75) is 18.5 Å². The standard InChI is InChI=1S/C24H19N5O5/c30-22(18-10-25-5-6-26-18)27-15-9-19-23(31)28-17-3-1-13(7-16(17)24(32)29(19)11-15)14-2-4-20-21(8-14)34-12-33-20/h1-8,10,15,19H,9,11-12H2,(H,27,30)(H,28,31)/t15-,19-/m0/s1. The van der Waals surface area contributed by atoms with Gasteiger partial charge in [0.15, 0.2) is 11.5 Å². The van der Waals surface area contributed by atoms with Gasteiger partial charge in [0.05, 0.1) is 17.4 Å². The number of carbonyl (C=O) groups is 3. The number of carbonyl (C=O) groups excluding carboxylic acids is 3. The highest BCUT2D eigenvalue weighted by atomic mass is 16.7. The first-order valence-electron chi connectivity index (χ1n) is 10.8. The van der Waals surface area contributed by atoms with Crippen molar-refractivity contribution >= 4 is 23.4 Å². The van der Waals surface area contributed by atoms with Crippen molar-refractivity contribution in [1.82, 2.24) is 20.2 Å². The van der Waals surface area contributed by atoms with Crippen molar-refractivity contribution in [3.63, 3.8) is 0 Å². The second-order valence-electron chi connectivity index (χ2n) is 8.29. The summed E-state index contributed by atoms with van der Waals surface area (Å²) < 4.78 is 10.8. The number of nitrogens with one attached hydrogen (secondary N) is 2. The number of anilines is 1. The Kier molecular flexibility index (Phi) is 4.65. The Bertz CT molecular complexity index is 1330. The van der Waals surface area contributed by atoms with Crippen LogP contribution in [-0.2, 0) is 4.79 Å². The van der Waals surface area contributed by atoms with E-state index in [1.807, 2.05) is 24.3 Å². The molecule has 0 saturated carbocycles. The van der Waals surface area contributed by atoms with Gasteiger partial charge in [-0.2, -0.15) is 0 Å². The van der Waals surface area contributed by atoms with Crippen LogP contribution in [0.3, 0.4) is 0 Å². The average Bonchev–Trinajstić information content (AvgIpc) is 3.49. The maximum Gasteiger partial charge on any atom is 0.271 e. The van der Waals surface area contributed by atoms with E-state index in [1.54, 1.807) is 12.1 Å². The van der Waals surface area contributed by atoms with Crippen LogP contribution in [0.15, 0.2) is 55.0 Å². The summed E-state index contributed by atoms with van der Waals surface area (Å²) in [6.07, 6.45) is 4.60. The first-order chi connectivity index (χ1) is 16.6. The van der Waals surface area contributed by atoms with Gasteiger partial charge in [0.2, 0.25) is 12.7 Å². The molecule has 1 fully saturated rings. The minimum atomic E-state index is -0.680. The van der Waals surface area contributed by atoms with E-state index in [0.717, 1.165) is 11.1 Å². The minimum absolute atomic E-state index is 0.179. The first kappa shape index (κ1) is 20.2. The van der Waals surface area contributed by atoms with Crippen molar-refractivity contribution < 1.29 is 23.9 Å². The van der Waals surface area contributed by atoms with E-state index < -0.39 is 11.9 Å². The monoisotopic (exact) mass is 457 g/mol. The van der Waals surface area contributed by atoms with Gasteiger partial charge in [-0.25, -0.2) is 4.98 Å². The molecule has 0 spiro atoms. The first-order valence-corrected chi connectivity index (χ1v) is 10.8. The predicted octanol–water partition coefficient (Wildman–Crippen LogP) is 1.84. The maximum absolute atomic E-state index is 13.5. The highest BCUT2D eigenvalue weighted by Crippen LogP contribution is 2.37. The van der Waals surface area contributed by atoms with Gasteiger partial charge in [-0.15, -0.1) is 0 Å². The highest BCUT2D eigenvalue weighted by Gasteiger charge is 2.43. The van der Waals surface area contributed by atoms with Crippen LogP contribution in [0.25, 0.3) is 11.1 Å². The number of hydrogen-bond acceptors (Lipinski definition) is 7. The molecule has 3 aromatic rings. The molecule has 3 aliphatic rings. The molecule has 2 aromatic carbocycles. The summed E-state index contributed by atoms with van der Waals surface area (Å²) in [5.74, 6) is 0.384. The topological polar surface area (TPSA) is 123 Å². The van der Waals surface area contributed by atoms with E-state index in [-0.39, 0.29) is 36.9 Å². The number of fused-ring (bicyclic) bond motifs is 3. The molecule has 170 valence electrons. The van der Waals surface area contributed by atoms with Gasteiger partial charge in [0.1, 0.15) is 11.7 Å². The molecule has 34 heavy (non-hydrogen) atoms. The van der Waals surface area contributed by atoms with Crippen LogP contribution in [0, 0.1) is 0 Å². The third-order valence-corrected chi connectivity index (χ3v) is 6.21. The maximum atomic E-state index is 13.5. The molecular weight excluding hydrogens is 438 g/mol. The molecule has 0 unspecified atom stereocenters. The van der Waals surface area contributed by atoms with Crippen molar-refractivity contribution in [3.05, 3.63) is 66.2 Å². The lowest BCUT2D eigenvalue weighted by molar-refractivity contribution is -0.119. The van der Waals surface area contributed by atoms with Gasteiger partial charge in [0.25, 0.3) is 11.8 Å². The zero-order valence-corrected chi connectivity index (χ0v) is 17.9. The summed E-state index contributed by atoms with van der Waals surface area (Å²) in [7, 11) is 0. The molecule has 2 atom stereocenters. The summed E-state index contributed by atoms with van der Waals surface area (Å²) in [5.41, 5.74) is 2.72. The molecule has 10 nitrogen and oxygen atoms in total. The Balaban J connectivity index is 1.26. The van der Waals surface area contributed by atoms with Crippen LogP contribution < -0.4 is 20.1 Å². The van der Waals surface area contributed by atoms with Gasteiger partial charge < -0.3 is 25.0 Å². The smallest absolute Gasteiger partial charge is 0.271 e. The van der Waals surface area contributed by atoms with Crippen molar-refractivity contribution in [2.75, 3.05) is 18.7 Å². The van der Waals surface area contributed by atoms with Crippen LogP contribution in [0.4, 0.5) is 5.69 Å². The quantitative estimate of drug-likeness (QED) is 0.615. The van der Waals surface area contributed by atoms with Crippen LogP contribution in [0.2, 0.25) is 0 Å². The summed E-state index contributed by atoms with van der Waals surface area (Å²) >= 11 is 0. The van der Waals surface area contributed by atoms with Gasteiger partial charge in [0, 0.05) is 25.0 Å². The molecule has 6 rings (SSSR count). The summed E-state index contributed by atoms with van der Waals surface area (Å²) in [6.45, 7) is 0.398. The number of rotatable bonds is 3. The lowest BCUT2D eigenvalue weighted by atomic mass is 10.0. The van der Waals surface area contributed by atoms with E-state index in [4.69, 9.17) is 9.47 Å². The average molecular weight is 457 g/mol. The normalized spacial score (nSPS) is 20.3. The van der Waals surface area contributed by atoms with E-state index in [2.05, 4.69) is 20.6 Å². The molecule has 3 aliphatic heterocycles. The molecule has 4 heterocycles. The number of amides is 3. The second-order valence-corrected chi connectivity index (χ2v) is 8.29. The number of benzene rings is 2. The summed E-state index contributed by atoms with van der Waals surface area (Å²) in [4.78, 5) is 48.3. The highest BCUT2D eigenvalue weighted by molar-refractivity contribution is 6.11. The second kappa shape index (κ2) is 7.84. The van der Waals surface area contributed by atoms with Crippen LogP contribution in [0.5, 0.6) is 11.5 Å². The number of hydrogen-bond donors (Lipinski definition) is 2. The summed E-state index contributed by atoms with van der Waals surface area (Å²) in [6, 6.07) is 9.88. The molecule has 0 radical (unpaired) electrons. The molecule has 3 amide bonds. The Morgan fingerprint density at radius 3 is 2.74 bits per heavy atom. The molecule has 10 heteroatoms. The molecule has 2 N–H and O–H groups in total. The fourth-order valence-corrected chi connectivity index (χ4v) is 4.55. The SMILES string of the molecule is O=C(N[C@H]1C[C@H]2C(=O)Nc3ccc(-c4ccc5c(c4)OCO5)cc3C(=O)N2C1)c1cnccn1. The number of aromatic nitrogens is 2. The van der Waals surface area contributed by atoms with Crippen molar-refractivity contribution in [3.8, 4) is 22.6 Å². The fourth-order valence-electron chi connectivity index (χ4n) is 4.55. The van der Waals surface area contributed by atoms with Crippen LogP contribution >= 0.6 is 0 Å². The largest absolute Gasteiger partial charge is 0.454 e. The fraction of sp³-hybridized carbons (Fsp3) is 0.208. The molecule has 1 aromatic heterocycles. The van der Waals surface area contributed by atoms with Gasteiger partial charge in [-0.1, -0.05) is 12.1 Å². The zero-order valence-electron chi connectivity index (χ0n) is 17.9. The lowest BCUT2D eigenvalue weighted by Crippen LogP contribution is -2.41. The van der Waals surface area contributed by atoms with Gasteiger partial charge >= 0.3 is 0 Å². The Morgan fingerprint density at radius 2 is 1.88 bits per heavy atom. The number of ether oxygens (including phenoxy) is 2. The van der Waals surface area contributed by atoms with Crippen LogP contribution in [-0.4, -0.2) is 58.0 Å². The molecule has 1 saturated heterocycles. The van der Waals surface area contributed by atoms with Gasteiger partial charge in [-0.05, 0) is 41.8 Å². The molecule has 0 bridgehead atoms. The predicted molar refractivity (Wildman–Crippen MR) is 119 cm³/mol. The van der Waals surface area contributed by atoms with E-state index in [1.165, 1.54) is 23.5 Å². The Morgan fingerprint density at radius 1 is 1.06 bits per heavy atom. The zero-order chi connectivity index (χ0) is 23.2. The third kappa shape index (κ3) is 3.40. The minimum Gasteiger partial charge on any atom is -0.454 e. The molecule has 0 aliphatic carbocycles. The number of nitrogens with zero attached hydrogens (tertiary/aromatic N) is 3. The Hall–Kier alpha value is -4.47.